The van der Waals surface area contributed by atoms with Crippen molar-refractivity contribution in [3.63, 3.8) is 0 Å². The summed E-state index contributed by atoms with van der Waals surface area (Å²) in [6, 6.07) is 9.40. The van der Waals surface area contributed by atoms with Gasteiger partial charge < -0.3 is 16.4 Å². The molecular formula is C21H20ClF2N5O. The molecule has 6 nitrogen and oxygen atoms in total. The van der Waals surface area contributed by atoms with Crippen LogP contribution in [0.5, 0.6) is 0 Å². The predicted molar refractivity (Wildman–Crippen MR) is 113 cm³/mol. The molecule has 9 heteroatoms. The Morgan fingerprint density at radius 3 is 2.53 bits per heavy atom. The fourth-order valence-corrected chi connectivity index (χ4v) is 3.73. The highest BCUT2D eigenvalue weighted by Gasteiger charge is 2.24. The number of nitrogen functional groups attached to an aromatic ring is 1. The van der Waals surface area contributed by atoms with E-state index in [0.29, 0.717) is 16.3 Å². The second-order valence-electron chi connectivity index (χ2n) is 7.20. The summed E-state index contributed by atoms with van der Waals surface area (Å²) < 4.78 is 29.2. The number of benzene rings is 2. The molecule has 3 aromatic rings. The van der Waals surface area contributed by atoms with Gasteiger partial charge in [0.15, 0.2) is 5.82 Å². The Morgan fingerprint density at radius 2 is 1.83 bits per heavy atom. The van der Waals surface area contributed by atoms with Gasteiger partial charge in [-0.05, 0) is 37.1 Å². The lowest BCUT2D eigenvalue weighted by molar-refractivity contribution is 0.248. The van der Waals surface area contributed by atoms with Gasteiger partial charge in [0.25, 0.3) is 0 Å². The van der Waals surface area contributed by atoms with E-state index in [9.17, 15) is 13.6 Å². The minimum absolute atomic E-state index is 0.0222. The van der Waals surface area contributed by atoms with Gasteiger partial charge >= 0.3 is 6.03 Å². The molecule has 4 N–H and O–H groups in total. The Morgan fingerprint density at radius 1 is 1.13 bits per heavy atom. The van der Waals surface area contributed by atoms with E-state index in [1.165, 1.54) is 0 Å². The molecule has 1 aromatic heterocycles. The average Bonchev–Trinajstić information content (AvgIpc) is 3.33. The molecule has 1 aliphatic rings. The van der Waals surface area contributed by atoms with Crippen molar-refractivity contribution in [3.05, 3.63) is 59.1 Å². The smallest absolute Gasteiger partial charge is 0.319 e. The molecule has 0 unspecified atom stereocenters. The highest BCUT2D eigenvalue weighted by Crippen LogP contribution is 2.35. The SMILES string of the molecule is Nc1c(NC(=O)NC2CCCC2)c(-c2ccc(Cl)cc2)nn1-c1cc(F)ccc1F. The number of carbonyl (C=O) groups excluding carboxylic acids is 1. The number of nitrogens with one attached hydrogen (secondary N) is 2. The molecule has 156 valence electrons. The summed E-state index contributed by atoms with van der Waals surface area (Å²) in [5.41, 5.74) is 7.19. The van der Waals surface area contributed by atoms with Gasteiger partial charge in [-0.1, -0.05) is 36.6 Å². The predicted octanol–water partition coefficient (Wildman–Crippen LogP) is 5.12. The Labute approximate surface area is 177 Å². The molecule has 4 rings (SSSR count). The molecule has 1 saturated carbocycles. The van der Waals surface area contributed by atoms with Gasteiger partial charge in [-0.2, -0.15) is 5.10 Å². The number of amides is 2. The summed E-state index contributed by atoms with van der Waals surface area (Å²) in [5, 5.41) is 10.5. The van der Waals surface area contributed by atoms with E-state index in [1.807, 2.05) is 0 Å². The standard InChI is InChI=1S/C21H20ClF2N5O/c22-13-7-5-12(6-8-13)18-19(27-21(30)26-15-3-1-2-4-15)20(25)29(28-18)17-11-14(23)9-10-16(17)24/h5-11,15H,1-4,25H2,(H2,26,27,30). The van der Waals surface area contributed by atoms with E-state index in [-0.39, 0.29) is 23.2 Å². The molecule has 30 heavy (non-hydrogen) atoms. The topological polar surface area (TPSA) is 85.0 Å². The number of anilines is 2. The summed E-state index contributed by atoms with van der Waals surface area (Å²) in [6.07, 6.45) is 3.97. The number of urea groups is 1. The third-order valence-electron chi connectivity index (χ3n) is 5.10. The first-order chi connectivity index (χ1) is 14.4. The van der Waals surface area contributed by atoms with Gasteiger partial charge in [-0.3, -0.25) is 0 Å². The van der Waals surface area contributed by atoms with E-state index in [4.69, 9.17) is 17.3 Å². The van der Waals surface area contributed by atoms with Crippen molar-refractivity contribution < 1.29 is 13.6 Å². The van der Waals surface area contributed by atoms with Crippen LogP contribution < -0.4 is 16.4 Å². The van der Waals surface area contributed by atoms with Crippen LogP contribution in [0.2, 0.25) is 5.02 Å². The Hall–Kier alpha value is -3.13. The van der Waals surface area contributed by atoms with Gasteiger partial charge in [0.05, 0.1) is 0 Å². The third-order valence-corrected chi connectivity index (χ3v) is 5.36. The molecule has 0 saturated heterocycles. The lowest BCUT2D eigenvalue weighted by atomic mass is 10.1. The van der Waals surface area contributed by atoms with Gasteiger partial charge in [-0.25, -0.2) is 18.3 Å². The number of hydrogen-bond acceptors (Lipinski definition) is 3. The summed E-state index contributed by atoms with van der Waals surface area (Å²) >= 11 is 5.97. The maximum absolute atomic E-state index is 14.4. The molecule has 0 atom stereocenters. The fourth-order valence-electron chi connectivity index (χ4n) is 3.60. The van der Waals surface area contributed by atoms with Crippen LogP contribution in [-0.4, -0.2) is 21.9 Å². The molecule has 0 bridgehead atoms. The van der Waals surface area contributed by atoms with Crippen LogP contribution in [-0.2, 0) is 0 Å². The minimum atomic E-state index is -0.699. The number of nitrogens with two attached hydrogens (primary N) is 1. The van der Waals surface area contributed by atoms with E-state index in [0.717, 1.165) is 48.6 Å². The zero-order valence-corrected chi connectivity index (χ0v) is 16.7. The van der Waals surface area contributed by atoms with Gasteiger partial charge in [0.1, 0.15) is 28.7 Å². The van der Waals surface area contributed by atoms with Crippen molar-refractivity contribution in [1.82, 2.24) is 15.1 Å². The molecular weight excluding hydrogens is 412 g/mol. The summed E-state index contributed by atoms with van der Waals surface area (Å²) in [6.45, 7) is 0. The number of hydrogen-bond donors (Lipinski definition) is 3. The molecule has 0 aliphatic heterocycles. The van der Waals surface area contributed by atoms with Crippen LogP contribution in [0.3, 0.4) is 0 Å². The Kier molecular flexibility index (Phi) is 5.59. The maximum atomic E-state index is 14.4. The number of nitrogens with zero attached hydrogens (tertiary/aromatic N) is 2. The second-order valence-corrected chi connectivity index (χ2v) is 7.64. The van der Waals surface area contributed by atoms with E-state index >= 15 is 0 Å². The lowest BCUT2D eigenvalue weighted by Crippen LogP contribution is -2.36. The zero-order chi connectivity index (χ0) is 21.3. The van der Waals surface area contributed by atoms with E-state index in [2.05, 4.69) is 15.7 Å². The number of halogens is 3. The van der Waals surface area contributed by atoms with Crippen LogP contribution >= 0.6 is 11.6 Å². The normalized spacial score (nSPS) is 14.1. The van der Waals surface area contributed by atoms with Crippen LogP contribution in [0.25, 0.3) is 16.9 Å². The first-order valence-electron chi connectivity index (χ1n) is 9.60. The first kappa shape index (κ1) is 20.2. The molecule has 1 fully saturated rings. The van der Waals surface area contributed by atoms with Crippen molar-refractivity contribution in [2.24, 2.45) is 0 Å². The highest BCUT2D eigenvalue weighted by atomic mass is 35.5. The Balaban J connectivity index is 1.76. The van der Waals surface area contributed by atoms with Crippen molar-refractivity contribution in [3.8, 4) is 16.9 Å². The van der Waals surface area contributed by atoms with E-state index < -0.39 is 17.7 Å². The fraction of sp³-hybridized carbons (Fsp3) is 0.238. The molecule has 2 aromatic carbocycles. The van der Waals surface area contributed by atoms with E-state index in [1.54, 1.807) is 24.3 Å². The van der Waals surface area contributed by atoms with Crippen LogP contribution in [0.4, 0.5) is 25.1 Å². The quantitative estimate of drug-likeness (QED) is 0.536. The average molecular weight is 432 g/mol. The van der Waals surface area contributed by atoms with Crippen LogP contribution in [0.15, 0.2) is 42.5 Å². The van der Waals surface area contributed by atoms with Crippen LogP contribution in [0, 0.1) is 11.6 Å². The number of rotatable bonds is 4. The first-order valence-corrected chi connectivity index (χ1v) is 9.97. The molecule has 1 aliphatic carbocycles. The monoisotopic (exact) mass is 431 g/mol. The third kappa shape index (κ3) is 4.09. The van der Waals surface area contributed by atoms with Crippen molar-refractivity contribution in [1.29, 1.82) is 0 Å². The number of aromatic nitrogens is 2. The zero-order valence-electron chi connectivity index (χ0n) is 16.0. The molecule has 0 spiro atoms. The largest absolute Gasteiger partial charge is 0.382 e. The minimum Gasteiger partial charge on any atom is -0.382 e. The second kappa shape index (κ2) is 8.31. The summed E-state index contributed by atoms with van der Waals surface area (Å²) in [7, 11) is 0. The number of carbonyl (C=O) groups is 1. The van der Waals surface area contributed by atoms with Gasteiger partial charge in [0, 0.05) is 22.7 Å². The van der Waals surface area contributed by atoms with Crippen molar-refractivity contribution in [2.75, 3.05) is 11.1 Å². The Bertz CT molecular complexity index is 1080. The maximum Gasteiger partial charge on any atom is 0.319 e. The van der Waals surface area contributed by atoms with Crippen molar-refractivity contribution in [2.45, 2.75) is 31.7 Å². The highest BCUT2D eigenvalue weighted by molar-refractivity contribution is 6.30. The molecule has 0 radical (unpaired) electrons. The summed E-state index contributed by atoms with van der Waals surface area (Å²) in [5.74, 6) is -1.36. The van der Waals surface area contributed by atoms with Gasteiger partial charge in [0.2, 0.25) is 0 Å². The van der Waals surface area contributed by atoms with Crippen LogP contribution in [0.1, 0.15) is 25.7 Å². The van der Waals surface area contributed by atoms with Gasteiger partial charge in [-0.15, -0.1) is 0 Å². The summed E-state index contributed by atoms with van der Waals surface area (Å²) in [4.78, 5) is 12.6. The molecule has 2 amide bonds. The lowest BCUT2D eigenvalue weighted by Gasteiger charge is -2.13. The van der Waals surface area contributed by atoms with Crippen molar-refractivity contribution >= 4 is 29.1 Å². The molecule has 1 heterocycles.